The Morgan fingerprint density at radius 3 is 2.88 bits per heavy atom. The fourth-order valence-electron chi connectivity index (χ4n) is 3.21. The molecule has 3 heterocycles. The second-order valence-corrected chi connectivity index (χ2v) is 6.48. The minimum atomic E-state index is -0.289. The second kappa shape index (κ2) is 6.01. The molecule has 0 N–H and O–H groups in total. The van der Waals surface area contributed by atoms with Crippen LogP contribution in [-0.2, 0) is 4.79 Å². The summed E-state index contributed by atoms with van der Waals surface area (Å²) in [6, 6.07) is 11.3. The molecule has 0 bridgehead atoms. The molecule has 25 heavy (non-hydrogen) atoms. The Kier molecular flexibility index (Phi) is 3.81. The Morgan fingerprint density at radius 1 is 1.32 bits per heavy atom. The first-order valence-corrected chi connectivity index (χ1v) is 8.39. The molecule has 0 aliphatic carbocycles. The van der Waals surface area contributed by atoms with Gasteiger partial charge < -0.3 is 4.42 Å². The number of halogens is 1. The summed E-state index contributed by atoms with van der Waals surface area (Å²) in [6.07, 6.45) is 2.13. The van der Waals surface area contributed by atoms with Crippen LogP contribution in [0.1, 0.15) is 36.3 Å². The zero-order valence-corrected chi connectivity index (χ0v) is 14.6. The van der Waals surface area contributed by atoms with Crippen LogP contribution in [0.3, 0.4) is 0 Å². The van der Waals surface area contributed by atoms with E-state index >= 15 is 0 Å². The van der Waals surface area contributed by atoms with Crippen molar-refractivity contribution in [1.29, 1.82) is 0 Å². The Balaban J connectivity index is 1.80. The molecule has 1 aliphatic rings. The van der Waals surface area contributed by atoms with Crippen molar-refractivity contribution in [1.82, 2.24) is 9.99 Å². The fourth-order valence-corrected chi connectivity index (χ4v) is 3.47. The number of furan rings is 1. The Labute approximate surface area is 149 Å². The predicted octanol–water partition coefficient (Wildman–Crippen LogP) is 4.49. The maximum Gasteiger partial charge on any atom is 0.240 e. The van der Waals surface area contributed by atoms with E-state index < -0.39 is 0 Å². The Hall–Kier alpha value is -2.66. The van der Waals surface area contributed by atoms with E-state index in [4.69, 9.17) is 16.0 Å². The summed E-state index contributed by atoms with van der Waals surface area (Å²) in [6.45, 7) is 3.50. The zero-order chi connectivity index (χ0) is 17.6. The standard InChI is InChI=1S/C19H16ClN3O2/c1-11-5-3-6-13-9-14(19(20)21-18(11)13)16-10-15(17-7-4-8-25-17)22-23(16)12(2)24/h3-9,16H,10H2,1-2H3. The first kappa shape index (κ1) is 15.8. The van der Waals surface area contributed by atoms with E-state index in [1.54, 1.807) is 12.3 Å². The number of carbonyl (C=O) groups excluding carboxylic acids is 1. The molecule has 126 valence electrons. The number of benzene rings is 1. The molecular weight excluding hydrogens is 338 g/mol. The molecular formula is C19H16ClN3O2. The summed E-state index contributed by atoms with van der Waals surface area (Å²) < 4.78 is 5.43. The molecule has 4 rings (SSSR count). The lowest BCUT2D eigenvalue weighted by Crippen LogP contribution is -2.24. The number of para-hydroxylation sites is 1. The van der Waals surface area contributed by atoms with Gasteiger partial charge in [0.25, 0.3) is 0 Å². The number of nitrogens with zero attached hydrogens (tertiary/aromatic N) is 3. The monoisotopic (exact) mass is 353 g/mol. The van der Waals surface area contributed by atoms with Crippen LogP contribution in [0.25, 0.3) is 10.9 Å². The van der Waals surface area contributed by atoms with Gasteiger partial charge in [-0.1, -0.05) is 29.8 Å². The molecule has 1 aliphatic heterocycles. The van der Waals surface area contributed by atoms with Crippen LogP contribution in [0.5, 0.6) is 0 Å². The molecule has 3 aromatic rings. The van der Waals surface area contributed by atoms with Crippen LogP contribution in [0.4, 0.5) is 0 Å². The van der Waals surface area contributed by atoms with E-state index in [-0.39, 0.29) is 11.9 Å². The molecule has 0 spiro atoms. The number of fused-ring (bicyclic) bond motifs is 1. The summed E-state index contributed by atoms with van der Waals surface area (Å²) in [5, 5.41) is 7.30. The highest BCUT2D eigenvalue weighted by atomic mass is 35.5. The summed E-state index contributed by atoms with van der Waals surface area (Å²) in [5.41, 5.74) is 3.45. The van der Waals surface area contributed by atoms with Gasteiger partial charge in [-0.05, 0) is 30.7 Å². The molecule has 2 aromatic heterocycles. The van der Waals surface area contributed by atoms with E-state index in [9.17, 15) is 4.79 Å². The van der Waals surface area contributed by atoms with Crippen LogP contribution < -0.4 is 0 Å². The predicted molar refractivity (Wildman–Crippen MR) is 96.6 cm³/mol. The average molecular weight is 354 g/mol. The molecule has 0 fully saturated rings. The van der Waals surface area contributed by atoms with Gasteiger partial charge in [0, 0.05) is 24.3 Å². The van der Waals surface area contributed by atoms with Crippen molar-refractivity contribution in [3.8, 4) is 0 Å². The van der Waals surface area contributed by atoms with E-state index in [0.29, 0.717) is 17.3 Å². The van der Waals surface area contributed by atoms with Gasteiger partial charge in [-0.2, -0.15) is 5.10 Å². The van der Waals surface area contributed by atoms with Gasteiger partial charge in [0.15, 0.2) is 0 Å². The molecule has 0 radical (unpaired) electrons. The first-order chi connectivity index (χ1) is 12.0. The number of carbonyl (C=O) groups is 1. The van der Waals surface area contributed by atoms with Crippen molar-refractivity contribution in [3.63, 3.8) is 0 Å². The van der Waals surface area contributed by atoms with Crippen LogP contribution in [0.15, 0.2) is 52.2 Å². The van der Waals surface area contributed by atoms with Crippen LogP contribution in [-0.4, -0.2) is 21.6 Å². The topological polar surface area (TPSA) is 58.7 Å². The van der Waals surface area contributed by atoms with Gasteiger partial charge in [0.05, 0.1) is 17.8 Å². The average Bonchev–Trinajstić information content (AvgIpc) is 3.24. The molecule has 1 aromatic carbocycles. The second-order valence-electron chi connectivity index (χ2n) is 6.12. The molecule has 1 unspecified atom stereocenters. The van der Waals surface area contributed by atoms with Gasteiger partial charge >= 0.3 is 0 Å². The number of hydrogen-bond acceptors (Lipinski definition) is 4. The number of hydrogen-bond donors (Lipinski definition) is 0. The third kappa shape index (κ3) is 2.70. The quantitative estimate of drug-likeness (QED) is 0.638. The third-order valence-electron chi connectivity index (χ3n) is 4.43. The summed E-state index contributed by atoms with van der Waals surface area (Å²) in [4.78, 5) is 16.7. The lowest BCUT2D eigenvalue weighted by molar-refractivity contribution is -0.130. The third-order valence-corrected chi connectivity index (χ3v) is 4.73. The Bertz CT molecular complexity index is 995. The van der Waals surface area contributed by atoms with Crippen molar-refractivity contribution in [2.24, 2.45) is 5.10 Å². The fraction of sp³-hybridized carbons (Fsp3) is 0.211. The van der Waals surface area contributed by atoms with E-state index in [0.717, 1.165) is 27.7 Å². The number of amides is 1. The highest BCUT2D eigenvalue weighted by molar-refractivity contribution is 6.30. The number of rotatable bonds is 2. The first-order valence-electron chi connectivity index (χ1n) is 8.01. The molecule has 0 saturated heterocycles. The minimum Gasteiger partial charge on any atom is -0.463 e. The molecule has 5 nitrogen and oxygen atoms in total. The lowest BCUT2D eigenvalue weighted by Gasteiger charge is -2.21. The van der Waals surface area contributed by atoms with Crippen molar-refractivity contribution >= 4 is 34.1 Å². The van der Waals surface area contributed by atoms with Crippen molar-refractivity contribution in [2.75, 3.05) is 0 Å². The SMILES string of the molecule is CC(=O)N1N=C(c2ccco2)CC1c1cc2cccc(C)c2nc1Cl. The smallest absolute Gasteiger partial charge is 0.240 e. The van der Waals surface area contributed by atoms with E-state index in [2.05, 4.69) is 10.1 Å². The highest BCUT2D eigenvalue weighted by Gasteiger charge is 2.34. The number of aromatic nitrogens is 1. The molecule has 1 amide bonds. The van der Waals surface area contributed by atoms with Gasteiger partial charge in [-0.25, -0.2) is 9.99 Å². The summed E-state index contributed by atoms with van der Waals surface area (Å²) in [7, 11) is 0. The highest BCUT2D eigenvalue weighted by Crippen LogP contribution is 2.37. The molecule has 1 atom stereocenters. The largest absolute Gasteiger partial charge is 0.463 e. The van der Waals surface area contributed by atoms with Gasteiger partial charge in [-0.3, -0.25) is 4.79 Å². The Morgan fingerprint density at radius 2 is 2.16 bits per heavy atom. The number of pyridine rings is 1. The molecule has 6 heteroatoms. The number of aryl methyl sites for hydroxylation is 1. The molecule has 0 saturated carbocycles. The van der Waals surface area contributed by atoms with Crippen LogP contribution in [0.2, 0.25) is 5.15 Å². The van der Waals surface area contributed by atoms with Crippen LogP contribution in [0, 0.1) is 6.92 Å². The normalized spacial score (nSPS) is 17.2. The van der Waals surface area contributed by atoms with E-state index in [1.165, 1.54) is 11.9 Å². The zero-order valence-electron chi connectivity index (χ0n) is 13.9. The summed E-state index contributed by atoms with van der Waals surface area (Å²) in [5.74, 6) is 0.515. The van der Waals surface area contributed by atoms with Crippen molar-refractivity contribution in [3.05, 3.63) is 64.7 Å². The van der Waals surface area contributed by atoms with Gasteiger partial charge in [0.1, 0.15) is 16.6 Å². The maximum absolute atomic E-state index is 12.1. The van der Waals surface area contributed by atoms with Crippen molar-refractivity contribution < 1.29 is 9.21 Å². The summed E-state index contributed by atoms with van der Waals surface area (Å²) >= 11 is 6.47. The van der Waals surface area contributed by atoms with Gasteiger partial charge in [0.2, 0.25) is 5.91 Å². The number of hydrazone groups is 1. The van der Waals surface area contributed by atoms with Gasteiger partial charge in [-0.15, -0.1) is 0 Å². The van der Waals surface area contributed by atoms with Crippen molar-refractivity contribution in [2.45, 2.75) is 26.3 Å². The lowest BCUT2D eigenvalue weighted by atomic mass is 10.00. The van der Waals surface area contributed by atoms with Crippen LogP contribution >= 0.6 is 11.6 Å². The maximum atomic E-state index is 12.1. The van der Waals surface area contributed by atoms with E-state index in [1.807, 2.05) is 37.3 Å². The minimum absolute atomic E-state index is 0.146.